The first-order valence-corrected chi connectivity index (χ1v) is 8.55. The number of ether oxygens (including phenoxy) is 1. The fourth-order valence-corrected chi connectivity index (χ4v) is 3.46. The Morgan fingerprint density at radius 2 is 1.78 bits per heavy atom. The van der Waals surface area contributed by atoms with Gasteiger partial charge in [-0.2, -0.15) is 0 Å². The van der Waals surface area contributed by atoms with Gasteiger partial charge in [0, 0.05) is 17.6 Å². The van der Waals surface area contributed by atoms with Gasteiger partial charge >= 0.3 is 0 Å². The van der Waals surface area contributed by atoms with Crippen LogP contribution in [0.1, 0.15) is 46.2 Å². The van der Waals surface area contributed by atoms with E-state index in [9.17, 15) is 0 Å². The van der Waals surface area contributed by atoms with Crippen LogP contribution < -0.4 is 10.5 Å². The number of nitrogens with zero attached hydrogens (tertiary/aromatic N) is 1. The van der Waals surface area contributed by atoms with E-state index in [1.165, 1.54) is 16.3 Å². The van der Waals surface area contributed by atoms with Gasteiger partial charge in [0.2, 0.25) is 0 Å². The van der Waals surface area contributed by atoms with E-state index in [0.29, 0.717) is 13.2 Å². The van der Waals surface area contributed by atoms with Crippen molar-refractivity contribution in [3.8, 4) is 5.75 Å². The summed E-state index contributed by atoms with van der Waals surface area (Å²) >= 11 is 0. The lowest BCUT2D eigenvalue weighted by molar-refractivity contribution is 0.0909. The molecule has 23 heavy (non-hydrogen) atoms. The highest BCUT2D eigenvalue weighted by molar-refractivity contribution is 5.88. The second-order valence-corrected chi connectivity index (χ2v) is 6.84. The van der Waals surface area contributed by atoms with Crippen molar-refractivity contribution in [2.75, 3.05) is 19.7 Å². The standard InChI is InChI=1S/C20H30N2O/c1-6-22(20(3,4)5)17(14-21)19-16-11-9-8-10-15(16)12-13-18(19)23-7-2/h8-13,17H,6-7,14,21H2,1-5H3. The maximum absolute atomic E-state index is 6.24. The SMILES string of the molecule is CCOc1ccc2ccccc2c1C(CN)N(CC)C(C)(C)C. The summed E-state index contributed by atoms with van der Waals surface area (Å²) < 4.78 is 5.95. The van der Waals surface area contributed by atoms with Crippen molar-refractivity contribution in [3.05, 3.63) is 42.0 Å². The molecule has 2 N–H and O–H groups in total. The maximum Gasteiger partial charge on any atom is 0.124 e. The summed E-state index contributed by atoms with van der Waals surface area (Å²) in [6.45, 7) is 13.1. The Labute approximate surface area is 140 Å². The minimum atomic E-state index is 0.0409. The van der Waals surface area contributed by atoms with Crippen molar-refractivity contribution < 1.29 is 4.74 Å². The van der Waals surface area contributed by atoms with Crippen molar-refractivity contribution in [1.82, 2.24) is 4.90 Å². The molecule has 1 unspecified atom stereocenters. The Morgan fingerprint density at radius 1 is 1.09 bits per heavy atom. The van der Waals surface area contributed by atoms with E-state index in [-0.39, 0.29) is 11.6 Å². The molecule has 0 amide bonds. The lowest BCUT2D eigenvalue weighted by atomic mass is 9.93. The van der Waals surface area contributed by atoms with Crippen molar-refractivity contribution in [2.45, 2.75) is 46.2 Å². The van der Waals surface area contributed by atoms with E-state index < -0.39 is 0 Å². The van der Waals surface area contributed by atoms with Crippen LogP contribution in [-0.2, 0) is 0 Å². The Hall–Kier alpha value is -1.58. The molecule has 0 heterocycles. The summed E-state index contributed by atoms with van der Waals surface area (Å²) in [5, 5.41) is 2.46. The molecule has 0 aromatic heterocycles. The zero-order valence-corrected chi connectivity index (χ0v) is 15.1. The third-order valence-corrected chi connectivity index (χ3v) is 4.37. The van der Waals surface area contributed by atoms with Gasteiger partial charge in [-0.15, -0.1) is 0 Å². The Bertz CT molecular complexity index is 646. The van der Waals surface area contributed by atoms with Crippen LogP contribution in [0.3, 0.4) is 0 Å². The van der Waals surface area contributed by atoms with Crippen LogP contribution in [0.15, 0.2) is 36.4 Å². The smallest absolute Gasteiger partial charge is 0.124 e. The van der Waals surface area contributed by atoms with Gasteiger partial charge in [0.15, 0.2) is 0 Å². The van der Waals surface area contributed by atoms with Gasteiger partial charge in [0.25, 0.3) is 0 Å². The molecular weight excluding hydrogens is 284 g/mol. The molecule has 0 aliphatic carbocycles. The quantitative estimate of drug-likeness (QED) is 0.861. The van der Waals surface area contributed by atoms with Crippen LogP contribution in [0.2, 0.25) is 0 Å². The highest BCUT2D eigenvalue weighted by Gasteiger charge is 2.30. The lowest BCUT2D eigenvalue weighted by Crippen LogP contribution is -2.46. The van der Waals surface area contributed by atoms with Crippen LogP contribution in [0, 0.1) is 0 Å². The highest BCUT2D eigenvalue weighted by atomic mass is 16.5. The summed E-state index contributed by atoms with van der Waals surface area (Å²) in [6, 6.07) is 12.8. The second kappa shape index (κ2) is 7.33. The predicted octanol–water partition coefficient (Wildman–Crippen LogP) is 4.36. The predicted molar refractivity (Wildman–Crippen MR) is 99.0 cm³/mol. The molecule has 3 heteroatoms. The van der Waals surface area contributed by atoms with Gasteiger partial charge in [-0.05, 0) is 51.1 Å². The molecule has 0 bridgehead atoms. The largest absolute Gasteiger partial charge is 0.494 e. The molecule has 2 aromatic carbocycles. The van der Waals surface area contributed by atoms with Gasteiger partial charge in [-0.25, -0.2) is 0 Å². The molecular formula is C20H30N2O. The summed E-state index contributed by atoms with van der Waals surface area (Å²) in [4.78, 5) is 2.46. The first-order valence-electron chi connectivity index (χ1n) is 8.55. The van der Waals surface area contributed by atoms with Gasteiger partial charge < -0.3 is 10.5 Å². The molecule has 0 aliphatic heterocycles. The average molecular weight is 314 g/mol. The third kappa shape index (κ3) is 3.67. The molecule has 0 aliphatic rings. The molecule has 0 saturated carbocycles. The molecule has 2 aromatic rings. The second-order valence-electron chi connectivity index (χ2n) is 6.84. The first kappa shape index (κ1) is 17.8. The van der Waals surface area contributed by atoms with Crippen molar-refractivity contribution in [3.63, 3.8) is 0 Å². The van der Waals surface area contributed by atoms with Crippen LogP contribution in [0.5, 0.6) is 5.75 Å². The number of likely N-dealkylation sites (N-methyl/N-ethyl adjacent to an activating group) is 1. The minimum absolute atomic E-state index is 0.0409. The van der Waals surface area contributed by atoms with E-state index in [1.54, 1.807) is 0 Å². The lowest BCUT2D eigenvalue weighted by Gasteiger charge is -2.41. The minimum Gasteiger partial charge on any atom is -0.494 e. The molecule has 0 saturated heterocycles. The molecule has 3 nitrogen and oxygen atoms in total. The molecule has 2 rings (SSSR count). The fraction of sp³-hybridized carbons (Fsp3) is 0.500. The van der Waals surface area contributed by atoms with Crippen LogP contribution in [0.4, 0.5) is 0 Å². The van der Waals surface area contributed by atoms with Crippen LogP contribution in [0.25, 0.3) is 10.8 Å². The van der Waals surface area contributed by atoms with E-state index in [4.69, 9.17) is 10.5 Å². The topological polar surface area (TPSA) is 38.5 Å². The fourth-order valence-electron chi connectivity index (χ4n) is 3.46. The normalized spacial score (nSPS) is 13.5. The van der Waals surface area contributed by atoms with Crippen LogP contribution >= 0.6 is 0 Å². The van der Waals surface area contributed by atoms with E-state index in [2.05, 4.69) is 69.0 Å². The van der Waals surface area contributed by atoms with Crippen molar-refractivity contribution in [1.29, 1.82) is 0 Å². The number of hydrogen-bond acceptors (Lipinski definition) is 3. The Balaban J connectivity index is 2.68. The number of fused-ring (bicyclic) bond motifs is 1. The highest BCUT2D eigenvalue weighted by Crippen LogP contribution is 2.38. The number of nitrogens with two attached hydrogens (primary N) is 1. The monoisotopic (exact) mass is 314 g/mol. The Kier molecular flexibility index (Phi) is 5.66. The van der Waals surface area contributed by atoms with Gasteiger partial charge in [-0.3, -0.25) is 4.90 Å². The average Bonchev–Trinajstić information content (AvgIpc) is 2.52. The number of rotatable bonds is 6. The van der Waals surface area contributed by atoms with Crippen LogP contribution in [-0.4, -0.2) is 30.1 Å². The van der Waals surface area contributed by atoms with E-state index >= 15 is 0 Å². The number of benzene rings is 2. The van der Waals surface area contributed by atoms with Crippen molar-refractivity contribution in [2.24, 2.45) is 5.73 Å². The Morgan fingerprint density at radius 3 is 2.35 bits per heavy atom. The zero-order chi connectivity index (χ0) is 17.0. The molecule has 0 radical (unpaired) electrons. The summed E-state index contributed by atoms with van der Waals surface area (Å²) in [5.41, 5.74) is 7.49. The first-order chi connectivity index (χ1) is 10.9. The van der Waals surface area contributed by atoms with Gasteiger partial charge in [0.05, 0.1) is 12.6 Å². The molecule has 126 valence electrons. The summed E-state index contributed by atoms with van der Waals surface area (Å²) in [5.74, 6) is 0.948. The van der Waals surface area contributed by atoms with Gasteiger partial charge in [-0.1, -0.05) is 37.3 Å². The third-order valence-electron chi connectivity index (χ3n) is 4.37. The van der Waals surface area contributed by atoms with Crippen molar-refractivity contribution >= 4 is 10.8 Å². The molecule has 0 spiro atoms. The maximum atomic E-state index is 6.24. The van der Waals surface area contributed by atoms with E-state index in [0.717, 1.165) is 12.3 Å². The van der Waals surface area contributed by atoms with E-state index in [1.807, 2.05) is 6.92 Å². The molecule has 1 atom stereocenters. The summed E-state index contributed by atoms with van der Waals surface area (Å²) in [6.07, 6.45) is 0. The number of hydrogen-bond donors (Lipinski definition) is 1. The summed E-state index contributed by atoms with van der Waals surface area (Å²) in [7, 11) is 0. The molecule has 0 fully saturated rings. The zero-order valence-electron chi connectivity index (χ0n) is 15.1. The van der Waals surface area contributed by atoms with Gasteiger partial charge in [0.1, 0.15) is 5.75 Å².